The molecule has 3 fully saturated rings. The number of fused-ring (bicyclic) bond motifs is 2. The van der Waals surface area contributed by atoms with E-state index in [1.807, 2.05) is 24.3 Å². The van der Waals surface area contributed by atoms with Crippen molar-refractivity contribution in [3.8, 4) is 11.5 Å². The number of piperazine rings is 1. The monoisotopic (exact) mass is 1260 g/mol. The molecule has 6 aromatic rings. The minimum atomic E-state index is -4.59. The number of hydrogen-bond acceptors (Lipinski definition) is 15. The van der Waals surface area contributed by atoms with Gasteiger partial charge in [-0.1, -0.05) is 59.1 Å². The third-order valence-electron chi connectivity index (χ3n) is 17.3. The third-order valence-corrected chi connectivity index (χ3v) is 19.6. The van der Waals surface area contributed by atoms with Crippen LogP contribution in [0.15, 0.2) is 112 Å². The van der Waals surface area contributed by atoms with Crippen molar-refractivity contribution in [2.24, 2.45) is 11.3 Å². The van der Waals surface area contributed by atoms with E-state index in [0.29, 0.717) is 72.9 Å². The van der Waals surface area contributed by atoms with Gasteiger partial charge in [-0.2, -0.15) is 5.23 Å². The van der Waals surface area contributed by atoms with Gasteiger partial charge in [-0.3, -0.25) is 34.3 Å². The molecule has 448 valence electrons. The fraction of sp³-hybridized carbons (Fsp3) is 0.403. The molecule has 4 amide bonds. The lowest BCUT2D eigenvalue weighted by molar-refractivity contribution is -0.990. The van der Waals surface area contributed by atoms with Crippen molar-refractivity contribution in [1.82, 2.24) is 40.0 Å². The Balaban J connectivity index is 0.672. The summed E-state index contributed by atoms with van der Waals surface area (Å²) in [4.78, 5) is 65.5. The number of halogens is 2. The van der Waals surface area contributed by atoms with Crippen LogP contribution < -0.4 is 36.0 Å². The number of nitrogens with zero attached hydrogens (tertiary/aromatic N) is 4. The number of carbonyl (C=O) groups excluding carboxylic acids is 4. The summed E-state index contributed by atoms with van der Waals surface area (Å²) in [5.74, 6) is -1.23. The Kier molecular flexibility index (Phi) is 18.1. The van der Waals surface area contributed by atoms with Gasteiger partial charge in [-0.25, -0.2) is 23.3 Å². The van der Waals surface area contributed by atoms with E-state index >= 15 is 0 Å². The molecule has 5 aliphatic rings. The van der Waals surface area contributed by atoms with Gasteiger partial charge < -0.3 is 35.8 Å². The van der Waals surface area contributed by atoms with Crippen LogP contribution in [0.5, 0.6) is 11.5 Å². The van der Waals surface area contributed by atoms with Crippen molar-refractivity contribution in [2.45, 2.75) is 102 Å². The first-order chi connectivity index (χ1) is 40.8. The molecule has 5 heterocycles. The highest BCUT2D eigenvalue weighted by molar-refractivity contribution is 9.10. The molecule has 11 rings (SSSR count). The summed E-state index contributed by atoms with van der Waals surface area (Å²) in [7, 11) is -4.59. The molecule has 2 saturated heterocycles. The molecule has 2 aromatic heterocycles. The maximum Gasteiger partial charge on any atom is 0.268 e. The van der Waals surface area contributed by atoms with Crippen LogP contribution in [0.25, 0.3) is 16.6 Å². The highest BCUT2D eigenvalue weighted by Crippen LogP contribution is 2.43. The molecule has 85 heavy (non-hydrogen) atoms. The minimum Gasteiger partial charge on any atom is -0.595 e. The molecule has 0 radical (unpaired) electrons. The van der Waals surface area contributed by atoms with Crippen LogP contribution in [0.1, 0.15) is 109 Å². The van der Waals surface area contributed by atoms with Crippen LogP contribution in [0, 0.1) is 16.5 Å². The number of carbonyl (C=O) groups is 4. The van der Waals surface area contributed by atoms with Crippen molar-refractivity contribution < 1.29 is 42.8 Å². The molecule has 0 bridgehead atoms. The molecule has 2 aliphatic carbocycles. The average molecular weight is 1260 g/mol. The van der Waals surface area contributed by atoms with E-state index in [9.17, 15) is 38.0 Å². The number of rotatable bonds is 20. The van der Waals surface area contributed by atoms with Gasteiger partial charge in [0.25, 0.3) is 21.8 Å². The molecule has 2 unspecified atom stereocenters. The summed E-state index contributed by atoms with van der Waals surface area (Å²) in [5, 5.41) is 35.8. The average Bonchev–Trinajstić information content (AvgIpc) is 2.53. The lowest BCUT2D eigenvalue weighted by Crippen LogP contribution is -2.99. The lowest BCUT2D eigenvalue weighted by Gasteiger charge is -2.42. The number of amides is 4. The second kappa shape index (κ2) is 25.7. The van der Waals surface area contributed by atoms with Gasteiger partial charge in [-0.05, 0) is 146 Å². The van der Waals surface area contributed by atoms with Gasteiger partial charge in [0.2, 0.25) is 11.8 Å². The predicted octanol–water partition coefficient (Wildman–Crippen LogP) is 8.51. The number of allylic oxidation sites excluding steroid dienone is 1. The predicted molar refractivity (Wildman–Crippen MR) is 328 cm³/mol. The first-order valence-corrected chi connectivity index (χ1v) is 31.8. The number of aromatic amines is 1. The lowest BCUT2D eigenvalue weighted by atomic mass is 9.72. The highest BCUT2D eigenvalue weighted by Gasteiger charge is 2.40. The second-order valence-corrected chi connectivity index (χ2v) is 26.7. The van der Waals surface area contributed by atoms with E-state index in [4.69, 9.17) is 16.3 Å². The molecule has 20 nitrogen and oxygen atoms in total. The number of imide groups is 1. The van der Waals surface area contributed by atoms with Gasteiger partial charge in [-0.15, -0.1) is 0 Å². The summed E-state index contributed by atoms with van der Waals surface area (Å²) >= 11 is 9.91. The van der Waals surface area contributed by atoms with Gasteiger partial charge in [0.15, 0.2) is 5.69 Å². The van der Waals surface area contributed by atoms with Crippen LogP contribution in [-0.2, 0) is 32.7 Å². The number of aromatic nitrogens is 2. The zero-order chi connectivity index (χ0) is 59.6. The third kappa shape index (κ3) is 14.1. The standard InChI is InChI=1S/C62H71BrClN11O9S/c1-62(2)19-17-42(50(32-62)40-5-7-43(64)8-6-40)34-65-21-22-66-44-9-13-48(56(30-44)84-46-29-41-18-20-67-58(41)69-35-46)59(77)71-85(82,83)47-12-14-53(55(31-47)75(80)81)68-33-38-3-10-45(11-4-38)73-25-23-72(24-26-73)36-39-27-49-51(52(63)28-39)37-74(61(49)79)54-15-16-57(76)70-60(54)78/h5-9,12-14,18,20,27-31,35,38,45,54,65-66,68,75,80H,3-4,10-11,15-17,19,21-26,32-34,36-37H2,1-2H3,(H,67,69)(H,71,77)(H,70,76,78)/t38-,45+,54?. The zero-order valence-electron chi connectivity index (χ0n) is 47.6. The van der Waals surface area contributed by atoms with E-state index in [1.165, 1.54) is 41.1 Å². The van der Waals surface area contributed by atoms with Crippen LogP contribution in [0.4, 0.5) is 17.1 Å². The summed E-state index contributed by atoms with van der Waals surface area (Å²) in [6.07, 6.45) is 10.7. The number of quaternary nitrogens is 1. The smallest absolute Gasteiger partial charge is 0.268 e. The SMILES string of the molecule is CC1(C)CCC(CNCCNc2ccc(C(=O)NS(=O)(=O)c3ccc(NC[C@H]4CC[C@@H](N5CCN(Cc6cc(Br)c7c(c6)C(=O)N(C6CCC(=O)NC6=O)C7)CC5)CC4)c([NH+]([O-])O)c3)c(Oc3cnc4[nH]ccc4c3)c2)=C(c2ccc(Cl)cc2)C1. The second-order valence-electron chi connectivity index (χ2n) is 23.8. The van der Waals surface area contributed by atoms with E-state index < -0.39 is 33.1 Å². The van der Waals surface area contributed by atoms with Gasteiger partial charge >= 0.3 is 0 Å². The molecular weight excluding hydrogens is 1190 g/mol. The van der Waals surface area contributed by atoms with Crippen molar-refractivity contribution in [1.29, 1.82) is 0 Å². The molecule has 8 N–H and O–H groups in total. The first-order valence-electron chi connectivity index (χ1n) is 29.1. The topological polar surface area (TPSA) is 258 Å². The van der Waals surface area contributed by atoms with Crippen molar-refractivity contribution in [3.05, 3.63) is 145 Å². The number of piperidine rings is 1. The Morgan fingerprint density at radius 2 is 1.72 bits per heavy atom. The Labute approximate surface area is 507 Å². The maximum absolute atomic E-state index is 14.0. The van der Waals surface area contributed by atoms with Crippen LogP contribution >= 0.6 is 27.5 Å². The Hall–Kier alpha value is -6.73. The van der Waals surface area contributed by atoms with E-state index in [-0.39, 0.29) is 57.2 Å². The summed E-state index contributed by atoms with van der Waals surface area (Å²) in [5.41, 5.74) is 7.83. The maximum atomic E-state index is 14.0. The fourth-order valence-electron chi connectivity index (χ4n) is 12.6. The van der Waals surface area contributed by atoms with E-state index in [1.54, 1.807) is 29.3 Å². The van der Waals surface area contributed by atoms with E-state index in [0.717, 1.165) is 105 Å². The molecule has 4 aromatic carbocycles. The number of sulfonamides is 1. The number of anilines is 2. The quantitative estimate of drug-likeness (QED) is 0.0203. The van der Waals surface area contributed by atoms with Crippen LogP contribution in [-0.4, -0.2) is 126 Å². The zero-order valence-corrected chi connectivity index (χ0v) is 50.7. The van der Waals surface area contributed by atoms with Gasteiger partial charge in [0.05, 0.1) is 22.3 Å². The normalized spacial score (nSPS) is 20.8. The molecule has 3 aliphatic heterocycles. The largest absolute Gasteiger partial charge is 0.595 e. The fourth-order valence-corrected chi connectivity index (χ4v) is 14.3. The number of benzene rings is 4. The Bertz CT molecular complexity index is 3660. The minimum absolute atomic E-state index is 0.0696. The Morgan fingerprint density at radius 3 is 2.48 bits per heavy atom. The molecule has 2 atom stereocenters. The highest BCUT2D eigenvalue weighted by atomic mass is 79.9. The van der Waals surface area contributed by atoms with Crippen molar-refractivity contribution >= 4 is 94.9 Å². The van der Waals surface area contributed by atoms with Gasteiger partial charge in [0, 0.05) is 122 Å². The van der Waals surface area contributed by atoms with Crippen LogP contribution in [0.2, 0.25) is 5.02 Å². The first kappa shape index (κ1) is 60.0. The van der Waals surface area contributed by atoms with Crippen molar-refractivity contribution in [3.63, 3.8) is 0 Å². The number of pyridine rings is 1. The number of nitrogens with one attached hydrogen (secondary N) is 7. The summed E-state index contributed by atoms with van der Waals surface area (Å²) in [6, 6.07) is 24.0. The summed E-state index contributed by atoms with van der Waals surface area (Å²) < 4.78 is 37.2. The summed E-state index contributed by atoms with van der Waals surface area (Å²) in [6.45, 7) is 11.6. The van der Waals surface area contributed by atoms with Gasteiger partial charge in [0.1, 0.15) is 23.2 Å². The molecule has 1 saturated carbocycles. The van der Waals surface area contributed by atoms with Crippen molar-refractivity contribution in [2.75, 3.05) is 63.0 Å². The number of H-pyrrole nitrogens is 1. The Morgan fingerprint density at radius 1 is 0.929 bits per heavy atom. The molecule has 23 heteroatoms. The number of hydrogen-bond donors (Lipinski definition) is 8. The van der Waals surface area contributed by atoms with E-state index in [2.05, 4.69) is 93.7 Å². The molecular formula is C62H71BrClN11O9S. The number of ether oxygens (including phenoxy) is 1. The van der Waals surface area contributed by atoms with Crippen LogP contribution in [0.3, 0.4) is 0 Å². The molecule has 0 spiro atoms.